The van der Waals surface area contributed by atoms with Gasteiger partial charge in [-0.25, -0.2) is 13.6 Å². The van der Waals surface area contributed by atoms with E-state index in [-0.39, 0.29) is 11.2 Å². The number of anilines is 1. The molecule has 2 fully saturated rings. The van der Waals surface area contributed by atoms with Crippen LogP contribution in [0.1, 0.15) is 106 Å². The van der Waals surface area contributed by atoms with Gasteiger partial charge in [0, 0.05) is 69.2 Å². The van der Waals surface area contributed by atoms with Crippen LogP contribution in [0.2, 0.25) is 0 Å². The number of aromatic nitrogens is 1. The summed E-state index contributed by atoms with van der Waals surface area (Å²) in [6.45, 7) is 20.1. The Balaban J connectivity index is 1.46. The molecule has 6 rings (SSSR count). The fourth-order valence-corrected chi connectivity index (χ4v) is 7.99. The minimum absolute atomic E-state index is 0.191. The van der Waals surface area contributed by atoms with Gasteiger partial charge in [0.05, 0.1) is 17.0 Å². The zero-order valence-electron chi connectivity index (χ0n) is 31.6. The molecule has 2 aromatic carbocycles. The maximum absolute atomic E-state index is 14.2. The molecule has 0 saturated carbocycles. The summed E-state index contributed by atoms with van der Waals surface area (Å²) in [5.41, 5.74) is 9.22. The Morgan fingerprint density at radius 1 is 0.980 bits per heavy atom. The summed E-state index contributed by atoms with van der Waals surface area (Å²) in [6, 6.07) is 11.7. The fourth-order valence-electron chi connectivity index (χ4n) is 7.99. The number of nitrogens with zero attached hydrogens (tertiary/aromatic N) is 4. The van der Waals surface area contributed by atoms with Gasteiger partial charge < -0.3 is 14.7 Å². The number of aliphatic carboxylic acids is 1. The second-order valence-corrected chi connectivity index (χ2v) is 16.8. The van der Waals surface area contributed by atoms with Crippen LogP contribution < -0.4 is 4.90 Å². The summed E-state index contributed by atoms with van der Waals surface area (Å²) in [5.74, 6) is -1.24. The highest BCUT2D eigenvalue weighted by Crippen LogP contribution is 2.46. The van der Waals surface area contributed by atoms with E-state index in [4.69, 9.17) is 9.72 Å². The Hall–Kier alpha value is -3.40. The number of carbonyl (C=O) groups is 1. The molecule has 1 N–H and O–H groups in total. The van der Waals surface area contributed by atoms with Gasteiger partial charge in [0.25, 0.3) is 0 Å². The standard InChI is InChI=1S/C42H56F2N4O3/c1-27-22-34(44)11-10-31(27)24-47-17-12-29-23-30(8-9-32(29)25-47)37-35(26-46-18-13-33(43)14-19-46)45-28(2)36(39(40(49)50)51-41(3,4)5)38(37)48-20-15-42(6,7)16-21-48/h8-11,22-23,33,39H,12-21,24-26H2,1-7H3,(H,49,50)/t39-/m0/s1. The van der Waals surface area contributed by atoms with Crippen LogP contribution in [0.25, 0.3) is 11.1 Å². The average molecular weight is 703 g/mol. The Bertz CT molecular complexity index is 1730. The smallest absolute Gasteiger partial charge is 0.337 e. The summed E-state index contributed by atoms with van der Waals surface area (Å²) < 4.78 is 34.4. The summed E-state index contributed by atoms with van der Waals surface area (Å²) >= 11 is 0. The third-order valence-corrected chi connectivity index (χ3v) is 11.0. The van der Waals surface area contributed by atoms with E-state index >= 15 is 0 Å². The van der Waals surface area contributed by atoms with Crippen molar-refractivity contribution in [3.05, 3.63) is 81.4 Å². The van der Waals surface area contributed by atoms with E-state index in [9.17, 15) is 18.7 Å². The number of piperidine rings is 2. The Morgan fingerprint density at radius 2 is 1.69 bits per heavy atom. The molecule has 2 saturated heterocycles. The maximum atomic E-state index is 14.2. The highest BCUT2D eigenvalue weighted by Gasteiger charge is 2.37. The Morgan fingerprint density at radius 3 is 2.33 bits per heavy atom. The number of alkyl halides is 1. The van der Waals surface area contributed by atoms with E-state index in [1.807, 2.05) is 40.7 Å². The minimum atomic E-state index is -1.20. The molecule has 0 amide bonds. The van der Waals surface area contributed by atoms with Crippen molar-refractivity contribution in [2.45, 2.75) is 118 Å². The molecule has 9 heteroatoms. The molecule has 3 aliphatic rings. The molecule has 276 valence electrons. The first-order chi connectivity index (χ1) is 24.1. The van der Waals surface area contributed by atoms with E-state index < -0.39 is 23.8 Å². The molecular weight excluding hydrogens is 646 g/mol. The van der Waals surface area contributed by atoms with Crippen LogP contribution in [0.5, 0.6) is 0 Å². The van der Waals surface area contributed by atoms with Crippen molar-refractivity contribution in [3.63, 3.8) is 0 Å². The van der Waals surface area contributed by atoms with Crippen molar-refractivity contribution in [3.8, 4) is 11.1 Å². The SMILES string of the molecule is Cc1cc(F)ccc1CN1CCc2cc(-c3c(CN4CCC(F)CC4)nc(C)c([C@H](OC(C)(C)C)C(=O)O)c3N3CCC(C)(C)CC3)ccc2C1. The second-order valence-electron chi connectivity index (χ2n) is 16.8. The highest BCUT2D eigenvalue weighted by molar-refractivity contribution is 5.88. The normalized spacial score (nSPS) is 19.6. The van der Waals surface area contributed by atoms with Gasteiger partial charge in [-0.15, -0.1) is 0 Å². The summed E-state index contributed by atoms with van der Waals surface area (Å²) in [5, 5.41) is 10.7. The molecule has 0 spiro atoms. The van der Waals surface area contributed by atoms with Crippen LogP contribution >= 0.6 is 0 Å². The van der Waals surface area contributed by atoms with Gasteiger partial charge in [0.15, 0.2) is 6.10 Å². The van der Waals surface area contributed by atoms with E-state index in [0.29, 0.717) is 43.7 Å². The third-order valence-electron chi connectivity index (χ3n) is 11.0. The zero-order valence-corrected chi connectivity index (χ0v) is 31.6. The molecule has 0 bridgehead atoms. The molecule has 3 aliphatic heterocycles. The molecule has 0 radical (unpaired) electrons. The fraction of sp³-hybridized carbons (Fsp3) is 0.571. The van der Waals surface area contributed by atoms with Crippen LogP contribution in [0, 0.1) is 25.1 Å². The van der Waals surface area contributed by atoms with Gasteiger partial charge in [-0.2, -0.15) is 0 Å². The largest absolute Gasteiger partial charge is 0.479 e. The average Bonchev–Trinajstić information content (AvgIpc) is 3.05. The van der Waals surface area contributed by atoms with Gasteiger partial charge >= 0.3 is 5.97 Å². The molecule has 4 heterocycles. The topological polar surface area (TPSA) is 69.1 Å². The van der Waals surface area contributed by atoms with Crippen LogP contribution in [0.3, 0.4) is 0 Å². The number of rotatable bonds is 9. The quantitative estimate of drug-likeness (QED) is 0.240. The minimum Gasteiger partial charge on any atom is -0.479 e. The van der Waals surface area contributed by atoms with Gasteiger partial charge in [-0.3, -0.25) is 14.8 Å². The van der Waals surface area contributed by atoms with Crippen molar-refractivity contribution >= 4 is 11.7 Å². The van der Waals surface area contributed by atoms with E-state index in [1.54, 1.807) is 6.07 Å². The number of hydrogen-bond donors (Lipinski definition) is 1. The van der Waals surface area contributed by atoms with Crippen molar-refractivity contribution in [2.24, 2.45) is 5.41 Å². The predicted octanol–water partition coefficient (Wildman–Crippen LogP) is 8.56. The number of ether oxygens (including phenoxy) is 1. The first-order valence-corrected chi connectivity index (χ1v) is 18.7. The lowest BCUT2D eigenvalue weighted by Crippen LogP contribution is -2.40. The maximum Gasteiger partial charge on any atom is 0.337 e. The molecule has 0 unspecified atom stereocenters. The van der Waals surface area contributed by atoms with Crippen molar-refractivity contribution in [1.29, 1.82) is 0 Å². The Kier molecular flexibility index (Phi) is 10.9. The Labute approximate surface area is 303 Å². The summed E-state index contributed by atoms with van der Waals surface area (Å²) in [6.07, 6.45) is 1.88. The van der Waals surface area contributed by atoms with E-state index in [1.165, 1.54) is 17.2 Å². The molecule has 3 aromatic rings. The molecule has 7 nitrogen and oxygen atoms in total. The monoisotopic (exact) mass is 702 g/mol. The lowest BCUT2D eigenvalue weighted by Gasteiger charge is -2.41. The molecule has 1 aromatic heterocycles. The lowest BCUT2D eigenvalue weighted by atomic mass is 9.81. The molecular formula is C42H56F2N4O3. The number of carboxylic acid groups (broad SMARTS) is 1. The van der Waals surface area contributed by atoms with Crippen molar-refractivity contribution in [2.75, 3.05) is 37.6 Å². The molecule has 0 aliphatic carbocycles. The van der Waals surface area contributed by atoms with E-state index in [2.05, 4.69) is 46.7 Å². The summed E-state index contributed by atoms with van der Waals surface area (Å²) in [4.78, 5) is 25.4. The third kappa shape index (κ3) is 8.81. The molecule has 51 heavy (non-hydrogen) atoms. The van der Waals surface area contributed by atoms with Crippen LogP contribution in [0.4, 0.5) is 14.5 Å². The predicted molar refractivity (Wildman–Crippen MR) is 199 cm³/mol. The van der Waals surface area contributed by atoms with Crippen LogP contribution in [-0.2, 0) is 35.6 Å². The van der Waals surface area contributed by atoms with Crippen molar-refractivity contribution in [1.82, 2.24) is 14.8 Å². The highest BCUT2D eigenvalue weighted by atomic mass is 19.1. The number of carboxylic acids is 1. The number of pyridine rings is 1. The van der Waals surface area contributed by atoms with Crippen LogP contribution in [0.15, 0.2) is 36.4 Å². The number of benzene rings is 2. The zero-order chi connectivity index (χ0) is 36.7. The van der Waals surface area contributed by atoms with Gasteiger partial charge in [0.1, 0.15) is 12.0 Å². The van der Waals surface area contributed by atoms with Crippen molar-refractivity contribution < 1.29 is 23.4 Å². The lowest BCUT2D eigenvalue weighted by molar-refractivity contribution is -0.160. The second kappa shape index (κ2) is 14.9. The number of hydrogen-bond acceptors (Lipinski definition) is 6. The van der Waals surface area contributed by atoms with Gasteiger partial charge in [-0.1, -0.05) is 38.1 Å². The van der Waals surface area contributed by atoms with Gasteiger partial charge in [-0.05, 0) is 112 Å². The number of halogens is 2. The molecule has 1 atom stereocenters. The number of aryl methyl sites for hydroxylation is 2. The van der Waals surface area contributed by atoms with E-state index in [0.717, 1.165) is 85.6 Å². The number of likely N-dealkylation sites (tertiary alicyclic amines) is 1. The van der Waals surface area contributed by atoms with Gasteiger partial charge in [0.2, 0.25) is 0 Å². The number of fused-ring (bicyclic) bond motifs is 1. The first kappa shape index (κ1) is 37.4. The summed E-state index contributed by atoms with van der Waals surface area (Å²) in [7, 11) is 0. The first-order valence-electron chi connectivity index (χ1n) is 18.7. The van der Waals surface area contributed by atoms with Crippen LogP contribution in [-0.4, -0.2) is 70.4 Å².